The maximum atomic E-state index is 10.1. The molecular weight excluding hydrogens is 689 g/mol. The van der Waals surface area contributed by atoms with Gasteiger partial charge in [0.1, 0.15) is 0 Å². The van der Waals surface area contributed by atoms with Crippen molar-refractivity contribution in [2.75, 3.05) is 0 Å². The lowest BCUT2D eigenvalue weighted by atomic mass is 9.98. The van der Waals surface area contributed by atoms with E-state index in [-0.39, 0.29) is 29.7 Å². The third kappa shape index (κ3) is 40.8. The number of rotatable bonds is 26. The Balaban J connectivity index is -0.000000328. The minimum atomic E-state index is -3.98. The van der Waals surface area contributed by atoms with Crippen LogP contribution < -0.4 is 0 Å². The fourth-order valence-electron chi connectivity index (χ4n) is 5.34. The van der Waals surface area contributed by atoms with Crippen LogP contribution in [0, 0.1) is 23.7 Å². The molecule has 0 fully saturated rings. The first-order valence-corrected chi connectivity index (χ1v) is 26.7. The quantitative estimate of drug-likeness (QED) is 0.0541. The van der Waals surface area contributed by atoms with Gasteiger partial charge in [-0.05, 0) is 49.4 Å². The molecule has 0 heterocycles. The van der Waals surface area contributed by atoms with Gasteiger partial charge >= 0.3 is 35.2 Å². The van der Waals surface area contributed by atoms with Crippen LogP contribution in [-0.4, -0.2) is 88.7 Å². The van der Waals surface area contributed by atoms with Crippen molar-refractivity contribution in [1.29, 1.82) is 0 Å². The van der Waals surface area contributed by atoms with E-state index >= 15 is 0 Å². The van der Waals surface area contributed by atoms with Crippen molar-refractivity contribution in [1.82, 2.24) is 0 Å². The Kier molecular flexibility index (Phi) is 35.6. The van der Waals surface area contributed by atoms with E-state index in [1.54, 1.807) is 0 Å². The summed E-state index contributed by atoms with van der Waals surface area (Å²) in [6.07, 6.45) is 15.9. The molecule has 296 valence electrons. The van der Waals surface area contributed by atoms with Gasteiger partial charge in [-0.25, -0.2) is 0 Å². The third-order valence-electron chi connectivity index (χ3n) is 8.68. The summed E-state index contributed by atoms with van der Waals surface area (Å²) in [5.41, 5.74) is 0. The highest BCUT2D eigenvalue weighted by Crippen LogP contribution is 2.25. The molecule has 0 aromatic rings. The Hall–Kier alpha value is 0.388. The fourth-order valence-corrected chi connectivity index (χ4v) is 11.6. The first-order chi connectivity index (χ1) is 21.6. The molecule has 4 unspecified atom stereocenters. The maximum Gasteiger partial charge on any atom is 0.492 e. The van der Waals surface area contributed by atoms with E-state index in [0.717, 1.165) is 77.0 Å². The summed E-state index contributed by atoms with van der Waals surface area (Å²) in [6.45, 7) is 16.8. The van der Waals surface area contributed by atoms with Crippen molar-refractivity contribution >= 4 is 35.2 Å². The summed E-state index contributed by atoms with van der Waals surface area (Å²) in [6, 6.07) is 0.649. The number of hydrogen-bond donors (Lipinski definition) is 10. The van der Waals surface area contributed by atoms with Crippen LogP contribution in [0.25, 0.3) is 0 Å². The van der Waals surface area contributed by atoms with Gasteiger partial charge in [-0.2, -0.15) is 0 Å². The van der Waals surface area contributed by atoms with Crippen molar-refractivity contribution in [2.24, 2.45) is 23.7 Å². The number of unbranched alkanes of at least 4 members (excludes halogenated alkanes) is 2. The van der Waals surface area contributed by atoms with E-state index in [1.165, 1.54) is 12.8 Å². The molecule has 0 aliphatic rings. The van der Waals surface area contributed by atoms with Crippen molar-refractivity contribution in [3.8, 4) is 0 Å². The monoisotopic (exact) mass is 768 g/mol. The zero-order valence-electron chi connectivity index (χ0n) is 31.8. The van der Waals surface area contributed by atoms with Gasteiger partial charge in [0.05, 0.1) is 0 Å². The van der Waals surface area contributed by atoms with Crippen molar-refractivity contribution < 1.29 is 57.5 Å². The first-order valence-electron chi connectivity index (χ1n) is 18.5. The van der Waals surface area contributed by atoms with Crippen LogP contribution in [0.2, 0.25) is 24.2 Å². The summed E-state index contributed by atoms with van der Waals surface area (Å²) >= 11 is 0. The molecule has 12 N–H and O–H groups in total. The lowest BCUT2D eigenvalue weighted by Gasteiger charge is -2.27. The Bertz CT molecular complexity index is 695. The topological polar surface area (TPSA) is 243 Å². The van der Waals surface area contributed by atoms with Crippen LogP contribution in [0.1, 0.15) is 158 Å². The molecule has 0 rings (SSSR count). The molecule has 0 aliphatic heterocycles. The Labute approximate surface area is 298 Å². The SMILES string of the molecule is CCCC(CC)CC[Si](O)(O)O.CCCCC(C)CC[Si](O)(O)O.CCCCC(C)CC[Si](O)(O)O[Si](O)(O)CCC(CC)CCC.O. The Morgan fingerprint density at radius 3 is 1.04 bits per heavy atom. The third-order valence-corrected chi connectivity index (χ3v) is 15.1. The van der Waals surface area contributed by atoms with E-state index < -0.39 is 35.2 Å². The molecule has 48 heavy (non-hydrogen) atoms. The molecule has 0 aromatic carbocycles. The highest BCUT2D eigenvalue weighted by atomic mass is 28.5. The van der Waals surface area contributed by atoms with Crippen LogP contribution in [0.3, 0.4) is 0 Å². The molecule has 0 spiro atoms. The minimum Gasteiger partial charge on any atom is -0.412 e. The van der Waals surface area contributed by atoms with Crippen LogP contribution in [-0.2, 0) is 4.12 Å². The Morgan fingerprint density at radius 1 is 0.417 bits per heavy atom. The molecule has 0 aromatic heterocycles. The highest BCUT2D eigenvalue weighted by Gasteiger charge is 2.45. The van der Waals surface area contributed by atoms with Crippen LogP contribution in [0.4, 0.5) is 0 Å². The first kappa shape index (κ1) is 55.1. The molecule has 0 bridgehead atoms. The second-order valence-electron chi connectivity index (χ2n) is 13.9. The van der Waals surface area contributed by atoms with E-state index in [9.17, 15) is 19.2 Å². The van der Waals surface area contributed by atoms with Gasteiger partial charge in [0.2, 0.25) is 0 Å². The van der Waals surface area contributed by atoms with Gasteiger partial charge in [-0.15, -0.1) is 0 Å². The molecule has 16 heteroatoms. The standard InChI is InChI=1S/C16H38O5Si2.2C8H20O3Si.H2O/c1-5-8-10-15(4)11-13-22(17,18)21-23(19,20)14-12-16(7-3)9-6-2;1-3-4-5-8(2)6-7-12(9,10)11;1-3-5-8(4-2)6-7-12(9,10)11;/h15-20H,5-14H2,1-4H3;2*8-11H,3-7H2,1-2H3;1H2. The van der Waals surface area contributed by atoms with Gasteiger partial charge in [0, 0.05) is 24.2 Å². The van der Waals surface area contributed by atoms with Crippen molar-refractivity contribution in [3.05, 3.63) is 0 Å². The molecular formula is C32H80O12Si4. The fraction of sp³-hybridized carbons (Fsp3) is 1.00. The molecule has 0 aliphatic carbocycles. The summed E-state index contributed by atoms with van der Waals surface area (Å²) in [5, 5.41) is 0. The second kappa shape index (κ2) is 31.0. The van der Waals surface area contributed by atoms with Gasteiger partial charge in [-0.1, -0.05) is 132 Å². The van der Waals surface area contributed by atoms with E-state index in [0.29, 0.717) is 36.5 Å². The lowest BCUT2D eigenvalue weighted by Crippen LogP contribution is -2.53. The van der Waals surface area contributed by atoms with Crippen molar-refractivity contribution in [3.63, 3.8) is 0 Å². The Morgan fingerprint density at radius 2 is 0.729 bits per heavy atom. The molecule has 0 saturated carbocycles. The second-order valence-corrected chi connectivity index (χ2v) is 22.8. The van der Waals surface area contributed by atoms with Gasteiger partial charge < -0.3 is 57.5 Å². The van der Waals surface area contributed by atoms with Crippen LogP contribution in [0.5, 0.6) is 0 Å². The average molecular weight is 769 g/mol. The largest absolute Gasteiger partial charge is 0.492 e. The van der Waals surface area contributed by atoms with E-state index in [4.69, 9.17) is 32.9 Å². The molecule has 0 radical (unpaired) electrons. The smallest absolute Gasteiger partial charge is 0.412 e. The predicted octanol–water partition coefficient (Wildman–Crippen LogP) is 4.70. The minimum absolute atomic E-state index is 0. The maximum absolute atomic E-state index is 10.1. The molecule has 4 atom stereocenters. The predicted molar refractivity (Wildman–Crippen MR) is 202 cm³/mol. The van der Waals surface area contributed by atoms with Crippen molar-refractivity contribution in [2.45, 2.75) is 182 Å². The van der Waals surface area contributed by atoms with Crippen LogP contribution >= 0.6 is 0 Å². The van der Waals surface area contributed by atoms with Gasteiger partial charge in [0.25, 0.3) is 0 Å². The number of hydrogen-bond acceptors (Lipinski definition) is 11. The van der Waals surface area contributed by atoms with Crippen LogP contribution in [0.15, 0.2) is 0 Å². The summed E-state index contributed by atoms with van der Waals surface area (Å²) in [7, 11) is -15.5. The zero-order chi connectivity index (χ0) is 37.2. The lowest BCUT2D eigenvalue weighted by molar-refractivity contribution is 0.149. The summed E-state index contributed by atoms with van der Waals surface area (Å²) in [5.74, 6) is 1.86. The van der Waals surface area contributed by atoms with E-state index in [1.807, 2.05) is 0 Å². The van der Waals surface area contributed by atoms with Gasteiger partial charge in [-0.3, -0.25) is 0 Å². The zero-order valence-corrected chi connectivity index (χ0v) is 35.8. The van der Waals surface area contributed by atoms with E-state index in [2.05, 4.69) is 55.4 Å². The molecule has 12 nitrogen and oxygen atoms in total. The highest BCUT2D eigenvalue weighted by molar-refractivity contribution is 6.72. The molecule has 0 saturated heterocycles. The summed E-state index contributed by atoms with van der Waals surface area (Å²) < 4.78 is 5.05. The normalized spacial score (nSPS) is 14.9. The average Bonchev–Trinajstić information content (AvgIpc) is 2.96. The van der Waals surface area contributed by atoms with Gasteiger partial charge in [0.15, 0.2) is 0 Å². The summed E-state index contributed by atoms with van der Waals surface area (Å²) in [4.78, 5) is 92.8. The molecule has 0 amide bonds.